The van der Waals surface area contributed by atoms with Crippen molar-refractivity contribution < 1.29 is 9.53 Å². The molecule has 4 nitrogen and oxygen atoms in total. The number of ether oxygens (including phenoxy) is 1. The summed E-state index contributed by atoms with van der Waals surface area (Å²) < 4.78 is 6.38. The van der Waals surface area contributed by atoms with Crippen LogP contribution in [0.4, 0.5) is 11.4 Å². The Bertz CT molecular complexity index is 1680. The van der Waals surface area contributed by atoms with Gasteiger partial charge in [0.15, 0.2) is 0 Å². The van der Waals surface area contributed by atoms with Crippen molar-refractivity contribution in [2.75, 3.05) is 11.5 Å². The largest absolute Gasteiger partial charge is 0.458 e. The maximum atomic E-state index is 13.9. The topological polar surface area (TPSA) is 78.3 Å². The number of allylic oxidation sites excluding steroid dienone is 1. The molecule has 4 aliphatic carbocycles. The second kappa shape index (κ2) is 13.9. The molecule has 4 aliphatic rings. The molecule has 3 fully saturated rings. The fourth-order valence-electron chi connectivity index (χ4n) is 11.5. The van der Waals surface area contributed by atoms with Gasteiger partial charge in [0.1, 0.15) is 6.10 Å². The molecule has 0 radical (unpaired) electrons. The Morgan fingerprint density at radius 1 is 0.800 bits per heavy atom. The van der Waals surface area contributed by atoms with Gasteiger partial charge in [0.05, 0.1) is 5.56 Å². The molecule has 8 atom stereocenters. The summed E-state index contributed by atoms with van der Waals surface area (Å²) in [5.41, 5.74) is 20.3. The van der Waals surface area contributed by atoms with Crippen molar-refractivity contribution in [1.29, 1.82) is 0 Å². The summed E-state index contributed by atoms with van der Waals surface area (Å²) >= 11 is 0. The zero-order valence-corrected chi connectivity index (χ0v) is 31.2. The first-order valence-corrected chi connectivity index (χ1v) is 19.7. The second-order valence-electron chi connectivity index (χ2n) is 17.6. The Balaban J connectivity index is 1.07. The van der Waals surface area contributed by atoms with E-state index in [0.29, 0.717) is 22.4 Å². The van der Waals surface area contributed by atoms with Gasteiger partial charge < -0.3 is 16.2 Å². The molecule has 4 heteroatoms. The number of carbonyl (C=O) groups is 1. The summed E-state index contributed by atoms with van der Waals surface area (Å²) in [6.07, 6.45) is 16.3. The molecular weight excluding hydrogens is 613 g/mol. The Labute approximate surface area is 301 Å². The summed E-state index contributed by atoms with van der Waals surface area (Å²) in [6.45, 7) is 12.5. The molecule has 3 aromatic carbocycles. The number of nitrogen functional groups attached to an aromatic ring is 2. The number of rotatable bonds is 9. The first-order valence-electron chi connectivity index (χ1n) is 19.7. The lowest BCUT2D eigenvalue weighted by molar-refractivity contribution is -0.0594. The number of carbonyl (C=O) groups excluding carboxylic acids is 1. The van der Waals surface area contributed by atoms with Gasteiger partial charge in [0, 0.05) is 17.8 Å². The average Bonchev–Trinajstić information content (AvgIpc) is 3.45. The molecular formula is C46H60N2O2. The maximum Gasteiger partial charge on any atom is 0.338 e. The summed E-state index contributed by atoms with van der Waals surface area (Å²) in [5, 5.41) is 0. The minimum atomic E-state index is -0.253. The number of benzene rings is 3. The lowest BCUT2D eigenvalue weighted by Crippen LogP contribution is -2.51. The standard InChI is InChI=1S/C46H60N2O2/c1-29(2)9-6-10-30(3)41-17-18-42-40-16-15-36-28-39(19-21-45(36,4)43(40)20-22-46(41,42)5)50-44(49)35-24-33(31-11-7-13-37(47)26-31)23-34(25-35)32-12-8-14-38(48)27-32/h7-8,11-15,23-27,29-30,39-43H,6,9-10,16-22,28,47-48H2,1-5H3/t30-,39?,40+,41-,42+,43+,45+,46-/m1/s1. The van der Waals surface area contributed by atoms with E-state index in [-0.39, 0.29) is 17.5 Å². The molecule has 7 rings (SSSR count). The first-order chi connectivity index (χ1) is 23.9. The highest BCUT2D eigenvalue weighted by molar-refractivity contribution is 5.94. The molecule has 50 heavy (non-hydrogen) atoms. The summed E-state index contributed by atoms with van der Waals surface area (Å²) in [7, 11) is 0. The fourth-order valence-corrected chi connectivity index (χ4v) is 11.5. The number of esters is 1. The van der Waals surface area contributed by atoms with Crippen molar-refractivity contribution in [3.8, 4) is 22.3 Å². The van der Waals surface area contributed by atoms with E-state index in [9.17, 15) is 4.79 Å². The number of nitrogens with two attached hydrogens (primary N) is 2. The van der Waals surface area contributed by atoms with Crippen LogP contribution in [0, 0.1) is 46.3 Å². The number of hydrogen-bond donors (Lipinski definition) is 2. The molecule has 0 amide bonds. The van der Waals surface area contributed by atoms with E-state index in [1.54, 1.807) is 5.57 Å². The van der Waals surface area contributed by atoms with E-state index in [1.165, 1.54) is 51.4 Å². The average molecular weight is 673 g/mol. The number of fused-ring (bicyclic) bond motifs is 5. The third-order valence-electron chi connectivity index (χ3n) is 14.1. The minimum Gasteiger partial charge on any atom is -0.458 e. The first kappa shape index (κ1) is 34.9. The van der Waals surface area contributed by atoms with Gasteiger partial charge in [0.2, 0.25) is 0 Å². The van der Waals surface area contributed by atoms with Gasteiger partial charge in [-0.3, -0.25) is 0 Å². The monoisotopic (exact) mass is 672 g/mol. The molecule has 0 saturated heterocycles. The van der Waals surface area contributed by atoms with Crippen LogP contribution in [0.3, 0.4) is 0 Å². The molecule has 0 aromatic heterocycles. The molecule has 0 bridgehead atoms. The molecule has 0 spiro atoms. The SMILES string of the molecule is CC(C)CCC[C@@H](C)[C@H]1CC[C@H]2[C@@H]3CC=C4CC(OC(=O)c5cc(-c6cccc(N)c6)cc(-c6cccc(N)c6)c5)CC[C@]4(C)[C@H]3CC[C@]12C. The van der Waals surface area contributed by atoms with Crippen LogP contribution in [-0.2, 0) is 4.74 Å². The molecule has 3 aromatic rings. The lowest BCUT2D eigenvalue weighted by Gasteiger charge is -2.58. The zero-order valence-electron chi connectivity index (χ0n) is 31.2. The Morgan fingerprint density at radius 3 is 2.12 bits per heavy atom. The summed E-state index contributed by atoms with van der Waals surface area (Å²) in [6, 6.07) is 21.6. The third kappa shape index (κ3) is 6.64. The smallest absolute Gasteiger partial charge is 0.338 e. The van der Waals surface area contributed by atoms with E-state index in [0.717, 1.165) is 77.0 Å². The van der Waals surface area contributed by atoms with Crippen molar-refractivity contribution in [2.24, 2.45) is 46.3 Å². The van der Waals surface area contributed by atoms with Gasteiger partial charge in [0.25, 0.3) is 0 Å². The molecule has 3 saturated carbocycles. The minimum absolute atomic E-state index is 0.0957. The van der Waals surface area contributed by atoms with Crippen molar-refractivity contribution in [3.05, 3.63) is 83.9 Å². The van der Waals surface area contributed by atoms with Crippen molar-refractivity contribution in [3.63, 3.8) is 0 Å². The van der Waals surface area contributed by atoms with Gasteiger partial charge >= 0.3 is 5.97 Å². The van der Waals surface area contributed by atoms with Crippen LogP contribution in [0.5, 0.6) is 0 Å². The lowest BCUT2D eigenvalue weighted by atomic mass is 9.47. The highest BCUT2D eigenvalue weighted by Crippen LogP contribution is 2.67. The molecule has 0 heterocycles. The van der Waals surface area contributed by atoms with E-state index < -0.39 is 0 Å². The van der Waals surface area contributed by atoms with Crippen LogP contribution < -0.4 is 11.5 Å². The third-order valence-corrected chi connectivity index (χ3v) is 14.1. The highest BCUT2D eigenvalue weighted by Gasteiger charge is 2.59. The molecule has 0 aliphatic heterocycles. The predicted molar refractivity (Wildman–Crippen MR) is 208 cm³/mol. The van der Waals surface area contributed by atoms with Gasteiger partial charge in [-0.05, 0) is 156 Å². The Kier molecular flexibility index (Phi) is 9.69. The van der Waals surface area contributed by atoms with Gasteiger partial charge in [-0.25, -0.2) is 4.79 Å². The van der Waals surface area contributed by atoms with E-state index in [1.807, 2.05) is 60.7 Å². The second-order valence-corrected chi connectivity index (χ2v) is 17.6. The molecule has 266 valence electrons. The van der Waals surface area contributed by atoms with Gasteiger partial charge in [-0.15, -0.1) is 0 Å². The van der Waals surface area contributed by atoms with Crippen LogP contribution in [-0.4, -0.2) is 12.1 Å². The van der Waals surface area contributed by atoms with Crippen LogP contribution >= 0.6 is 0 Å². The number of anilines is 2. The van der Waals surface area contributed by atoms with Crippen LogP contribution in [0.1, 0.15) is 116 Å². The number of hydrogen-bond acceptors (Lipinski definition) is 4. The van der Waals surface area contributed by atoms with E-state index >= 15 is 0 Å². The van der Waals surface area contributed by atoms with Gasteiger partial charge in [-0.2, -0.15) is 0 Å². The summed E-state index contributed by atoms with van der Waals surface area (Å²) in [5.74, 6) is 4.68. The quantitative estimate of drug-likeness (QED) is 0.135. The van der Waals surface area contributed by atoms with E-state index in [4.69, 9.17) is 16.2 Å². The van der Waals surface area contributed by atoms with Crippen molar-refractivity contribution >= 4 is 17.3 Å². The normalized spacial score (nSPS) is 30.9. The van der Waals surface area contributed by atoms with Crippen molar-refractivity contribution in [2.45, 2.75) is 111 Å². The fraction of sp³-hybridized carbons (Fsp3) is 0.543. The highest BCUT2D eigenvalue weighted by atomic mass is 16.5. The van der Waals surface area contributed by atoms with Gasteiger partial charge in [-0.1, -0.05) is 89.8 Å². The summed E-state index contributed by atoms with van der Waals surface area (Å²) in [4.78, 5) is 13.9. The van der Waals surface area contributed by atoms with Crippen LogP contribution in [0.2, 0.25) is 0 Å². The zero-order chi connectivity index (χ0) is 35.2. The Hall–Kier alpha value is -3.53. The van der Waals surface area contributed by atoms with Crippen LogP contribution in [0.15, 0.2) is 78.4 Å². The maximum absolute atomic E-state index is 13.9. The molecule has 1 unspecified atom stereocenters. The van der Waals surface area contributed by atoms with Crippen molar-refractivity contribution in [1.82, 2.24) is 0 Å². The predicted octanol–water partition coefficient (Wildman–Crippen LogP) is 11.8. The molecule has 4 N–H and O–H groups in total. The Morgan fingerprint density at radius 2 is 1.48 bits per heavy atom. The van der Waals surface area contributed by atoms with E-state index in [2.05, 4.69) is 46.8 Å². The van der Waals surface area contributed by atoms with Crippen LogP contribution in [0.25, 0.3) is 22.3 Å².